The number of aliphatic hydroxyl groups excluding tert-OH is 1. The molecule has 0 aromatic heterocycles. The predicted molar refractivity (Wildman–Crippen MR) is 89.0 cm³/mol. The molecule has 0 aromatic carbocycles. The van der Waals surface area contributed by atoms with E-state index in [4.69, 9.17) is 0 Å². The van der Waals surface area contributed by atoms with Gasteiger partial charge < -0.3 is 5.11 Å². The zero-order chi connectivity index (χ0) is 14.5. The van der Waals surface area contributed by atoms with Gasteiger partial charge in [-0.15, -0.1) is 0 Å². The maximum absolute atomic E-state index is 10.0. The van der Waals surface area contributed by atoms with E-state index in [1.54, 1.807) is 0 Å². The fraction of sp³-hybridized carbons (Fsp3) is 1.00. The molecule has 0 aromatic rings. The third kappa shape index (κ3) is 9.80. The smallest absolute Gasteiger partial charge is 0.0542 e. The van der Waals surface area contributed by atoms with Crippen molar-refractivity contribution < 1.29 is 5.11 Å². The van der Waals surface area contributed by atoms with Crippen LogP contribution in [0, 0.1) is 5.92 Å². The Morgan fingerprint density at radius 3 is 1.85 bits per heavy atom. The van der Waals surface area contributed by atoms with Crippen LogP contribution in [0.15, 0.2) is 0 Å². The van der Waals surface area contributed by atoms with Crippen LogP contribution in [-0.2, 0) is 0 Å². The van der Waals surface area contributed by atoms with Gasteiger partial charge >= 0.3 is 0 Å². The van der Waals surface area contributed by atoms with Crippen LogP contribution in [0.2, 0.25) is 0 Å². The third-order valence-electron chi connectivity index (χ3n) is 4.97. The molecule has 1 saturated carbocycles. The molecule has 0 bridgehead atoms. The van der Waals surface area contributed by atoms with E-state index in [1.165, 1.54) is 89.9 Å². The van der Waals surface area contributed by atoms with Gasteiger partial charge in [0.15, 0.2) is 0 Å². The number of rotatable bonds is 13. The largest absolute Gasteiger partial charge is 0.393 e. The molecule has 1 atom stereocenters. The van der Waals surface area contributed by atoms with Gasteiger partial charge in [-0.2, -0.15) is 0 Å². The van der Waals surface area contributed by atoms with Crippen LogP contribution < -0.4 is 0 Å². The quantitative estimate of drug-likeness (QED) is 0.396. The summed E-state index contributed by atoms with van der Waals surface area (Å²) in [6.07, 6.45) is 21.5. The van der Waals surface area contributed by atoms with Gasteiger partial charge in [0.25, 0.3) is 0 Å². The lowest BCUT2D eigenvalue weighted by Gasteiger charge is -2.15. The van der Waals surface area contributed by atoms with Gasteiger partial charge in [0, 0.05) is 0 Å². The van der Waals surface area contributed by atoms with E-state index >= 15 is 0 Å². The third-order valence-corrected chi connectivity index (χ3v) is 4.97. The Hall–Kier alpha value is -0.0400. The maximum Gasteiger partial charge on any atom is 0.0542 e. The topological polar surface area (TPSA) is 20.2 Å². The van der Waals surface area contributed by atoms with Crippen LogP contribution in [0.3, 0.4) is 0 Å². The van der Waals surface area contributed by atoms with Gasteiger partial charge in [0.1, 0.15) is 0 Å². The van der Waals surface area contributed by atoms with E-state index < -0.39 is 0 Å². The molecule has 0 amide bonds. The summed E-state index contributed by atoms with van der Waals surface area (Å²) in [5.74, 6) is 0.841. The van der Waals surface area contributed by atoms with Crippen molar-refractivity contribution in [2.24, 2.45) is 5.92 Å². The standard InChI is InChI=1S/C19H38O/c1-2-3-4-5-6-7-8-9-10-11-16-19(20)17-18-14-12-13-15-18/h18-20H,2-17H2,1H3. The highest BCUT2D eigenvalue weighted by molar-refractivity contribution is 4.71. The first-order valence-corrected chi connectivity index (χ1v) is 9.51. The zero-order valence-corrected chi connectivity index (χ0v) is 13.9. The number of hydrogen-bond donors (Lipinski definition) is 1. The first-order chi connectivity index (χ1) is 9.83. The lowest BCUT2D eigenvalue weighted by atomic mass is 9.96. The first-order valence-electron chi connectivity index (χ1n) is 9.51. The van der Waals surface area contributed by atoms with E-state index in [9.17, 15) is 5.11 Å². The molecule has 0 aliphatic heterocycles. The Balaban J connectivity index is 1.77. The Kier molecular flexibility index (Phi) is 11.4. The highest BCUT2D eigenvalue weighted by atomic mass is 16.3. The molecule has 1 aliphatic carbocycles. The summed E-state index contributed by atoms with van der Waals surface area (Å²) in [4.78, 5) is 0. The zero-order valence-electron chi connectivity index (χ0n) is 13.9. The van der Waals surface area contributed by atoms with Gasteiger partial charge in [-0.25, -0.2) is 0 Å². The van der Waals surface area contributed by atoms with E-state index in [0.717, 1.165) is 18.8 Å². The van der Waals surface area contributed by atoms with Crippen molar-refractivity contribution in [3.05, 3.63) is 0 Å². The Bertz CT molecular complexity index is 196. The second-order valence-electron chi connectivity index (χ2n) is 7.01. The van der Waals surface area contributed by atoms with E-state index in [0.29, 0.717) is 0 Å². The Morgan fingerprint density at radius 2 is 1.30 bits per heavy atom. The fourth-order valence-corrected chi connectivity index (χ4v) is 3.62. The highest BCUT2D eigenvalue weighted by Crippen LogP contribution is 2.29. The molecule has 120 valence electrons. The summed E-state index contributed by atoms with van der Waals surface area (Å²) in [7, 11) is 0. The van der Waals surface area contributed by atoms with Crippen LogP contribution in [0.25, 0.3) is 0 Å². The molecule has 1 fully saturated rings. The molecule has 0 radical (unpaired) electrons. The van der Waals surface area contributed by atoms with Gasteiger partial charge in [0.2, 0.25) is 0 Å². The molecule has 0 spiro atoms. The molecule has 1 heteroatoms. The summed E-state index contributed by atoms with van der Waals surface area (Å²) in [5.41, 5.74) is 0. The van der Waals surface area contributed by atoms with Crippen LogP contribution in [0.5, 0.6) is 0 Å². The minimum atomic E-state index is -0.00727. The summed E-state index contributed by atoms with van der Waals surface area (Å²) < 4.78 is 0. The SMILES string of the molecule is CCCCCCCCCCCCC(O)CC1CCCC1. The van der Waals surface area contributed by atoms with Crippen LogP contribution >= 0.6 is 0 Å². The molecular weight excluding hydrogens is 244 g/mol. The minimum Gasteiger partial charge on any atom is -0.393 e. The van der Waals surface area contributed by atoms with E-state index in [-0.39, 0.29) is 6.10 Å². The van der Waals surface area contributed by atoms with Crippen molar-refractivity contribution in [2.45, 2.75) is 116 Å². The summed E-state index contributed by atoms with van der Waals surface area (Å²) in [6.45, 7) is 2.28. The lowest BCUT2D eigenvalue weighted by molar-refractivity contribution is 0.130. The second-order valence-corrected chi connectivity index (χ2v) is 7.01. The van der Waals surface area contributed by atoms with E-state index in [2.05, 4.69) is 6.92 Å². The predicted octanol–water partition coefficient (Wildman–Crippen LogP) is 6.24. The second kappa shape index (κ2) is 12.7. The van der Waals surface area contributed by atoms with Crippen molar-refractivity contribution in [1.82, 2.24) is 0 Å². The summed E-state index contributed by atoms with van der Waals surface area (Å²) in [5, 5.41) is 10.0. The molecule has 20 heavy (non-hydrogen) atoms. The molecule has 1 unspecified atom stereocenters. The monoisotopic (exact) mass is 282 g/mol. The number of unbranched alkanes of at least 4 members (excludes halogenated alkanes) is 9. The maximum atomic E-state index is 10.0. The van der Waals surface area contributed by atoms with Gasteiger partial charge in [-0.3, -0.25) is 0 Å². The molecule has 1 nitrogen and oxygen atoms in total. The average Bonchev–Trinajstić information content (AvgIpc) is 2.93. The van der Waals surface area contributed by atoms with Crippen LogP contribution in [0.4, 0.5) is 0 Å². The fourth-order valence-electron chi connectivity index (χ4n) is 3.62. The lowest BCUT2D eigenvalue weighted by Crippen LogP contribution is -2.11. The summed E-state index contributed by atoms with van der Waals surface area (Å²) in [6, 6.07) is 0. The molecule has 1 N–H and O–H groups in total. The average molecular weight is 283 g/mol. The van der Waals surface area contributed by atoms with Crippen molar-refractivity contribution in [2.75, 3.05) is 0 Å². The van der Waals surface area contributed by atoms with Crippen LogP contribution in [-0.4, -0.2) is 11.2 Å². The molecule has 1 rings (SSSR count). The number of hydrogen-bond acceptors (Lipinski definition) is 1. The first kappa shape index (κ1) is 18.0. The van der Waals surface area contributed by atoms with Gasteiger partial charge in [-0.05, 0) is 18.8 Å². The minimum absolute atomic E-state index is 0.00727. The molecular formula is C19H38O. The Morgan fingerprint density at radius 1 is 0.800 bits per heavy atom. The molecule has 0 heterocycles. The molecule has 0 saturated heterocycles. The van der Waals surface area contributed by atoms with Crippen molar-refractivity contribution in [1.29, 1.82) is 0 Å². The van der Waals surface area contributed by atoms with Crippen LogP contribution in [0.1, 0.15) is 110 Å². The van der Waals surface area contributed by atoms with Crippen molar-refractivity contribution >= 4 is 0 Å². The van der Waals surface area contributed by atoms with Gasteiger partial charge in [0.05, 0.1) is 6.10 Å². The van der Waals surface area contributed by atoms with Crippen molar-refractivity contribution in [3.8, 4) is 0 Å². The number of aliphatic hydroxyl groups is 1. The highest BCUT2D eigenvalue weighted by Gasteiger charge is 2.18. The normalized spacial score (nSPS) is 17.7. The summed E-state index contributed by atoms with van der Waals surface area (Å²) >= 11 is 0. The van der Waals surface area contributed by atoms with E-state index in [1.807, 2.05) is 0 Å². The molecule has 1 aliphatic rings. The van der Waals surface area contributed by atoms with Gasteiger partial charge in [-0.1, -0.05) is 96.8 Å². The van der Waals surface area contributed by atoms with Crippen molar-refractivity contribution in [3.63, 3.8) is 0 Å². The Labute approximate surface area is 127 Å².